The lowest BCUT2D eigenvalue weighted by atomic mass is 10.3. The van der Waals surface area contributed by atoms with Crippen molar-refractivity contribution < 1.29 is 14.5 Å². The zero-order valence-corrected chi connectivity index (χ0v) is 6.29. The standard InChI is InChI=1S/C7H12O3/c1-5(2)4-8-7-6(3)9-10-7/h6-7H,1,4H2,2-3H3. The second-order valence-corrected chi connectivity index (χ2v) is 2.53. The zero-order chi connectivity index (χ0) is 7.56. The molecule has 1 fully saturated rings. The molecule has 0 aromatic heterocycles. The van der Waals surface area contributed by atoms with Gasteiger partial charge in [-0.3, -0.25) is 0 Å². The molecule has 0 aliphatic carbocycles. The molecule has 2 unspecified atom stereocenters. The predicted molar refractivity (Wildman–Crippen MR) is 36.2 cm³/mol. The van der Waals surface area contributed by atoms with Crippen molar-refractivity contribution in [1.82, 2.24) is 0 Å². The number of ether oxygens (including phenoxy) is 1. The van der Waals surface area contributed by atoms with Gasteiger partial charge in [0.05, 0.1) is 6.61 Å². The fourth-order valence-electron chi connectivity index (χ4n) is 0.600. The first-order chi connectivity index (χ1) is 4.70. The van der Waals surface area contributed by atoms with E-state index < -0.39 is 0 Å². The van der Waals surface area contributed by atoms with Crippen LogP contribution in [0.5, 0.6) is 0 Å². The molecule has 0 aromatic carbocycles. The summed E-state index contributed by atoms with van der Waals surface area (Å²) in [7, 11) is 0. The van der Waals surface area contributed by atoms with Crippen LogP contribution in [0.25, 0.3) is 0 Å². The van der Waals surface area contributed by atoms with E-state index >= 15 is 0 Å². The molecule has 1 heterocycles. The largest absolute Gasteiger partial charge is 0.343 e. The van der Waals surface area contributed by atoms with Gasteiger partial charge in [-0.2, -0.15) is 0 Å². The summed E-state index contributed by atoms with van der Waals surface area (Å²) in [6.45, 7) is 8.03. The van der Waals surface area contributed by atoms with Gasteiger partial charge in [0.15, 0.2) is 0 Å². The van der Waals surface area contributed by atoms with E-state index in [9.17, 15) is 0 Å². The Kier molecular flexibility index (Phi) is 2.43. The van der Waals surface area contributed by atoms with Crippen LogP contribution in [0.3, 0.4) is 0 Å². The first-order valence-corrected chi connectivity index (χ1v) is 3.28. The summed E-state index contributed by atoms with van der Waals surface area (Å²) < 4.78 is 5.20. The molecule has 1 aliphatic rings. The molecule has 2 atom stereocenters. The smallest absolute Gasteiger partial charge is 0.220 e. The average molecular weight is 144 g/mol. The Morgan fingerprint density at radius 3 is 2.60 bits per heavy atom. The normalized spacial score (nSPS) is 31.4. The molecule has 0 bridgehead atoms. The van der Waals surface area contributed by atoms with Crippen LogP contribution >= 0.6 is 0 Å². The third-order valence-corrected chi connectivity index (χ3v) is 1.18. The van der Waals surface area contributed by atoms with Crippen LogP contribution in [0.15, 0.2) is 12.2 Å². The van der Waals surface area contributed by atoms with Crippen molar-refractivity contribution in [3.63, 3.8) is 0 Å². The van der Waals surface area contributed by atoms with Gasteiger partial charge in [0, 0.05) is 0 Å². The molecule has 1 aliphatic heterocycles. The van der Waals surface area contributed by atoms with Crippen molar-refractivity contribution >= 4 is 0 Å². The van der Waals surface area contributed by atoms with E-state index in [4.69, 9.17) is 4.74 Å². The molecule has 3 heteroatoms. The van der Waals surface area contributed by atoms with E-state index in [2.05, 4.69) is 16.4 Å². The average Bonchev–Trinajstić information content (AvgIpc) is 1.84. The summed E-state index contributed by atoms with van der Waals surface area (Å²) in [5, 5.41) is 0. The summed E-state index contributed by atoms with van der Waals surface area (Å²) in [5.41, 5.74) is 0.989. The Morgan fingerprint density at radius 2 is 2.30 bits per heavy atom. The quantitative estimate of drug-likeness (QED) is 0.441. The van der Waals surface area contributed by atoms with Gasteiger partial charge < -0.3 is 4.74 Å². The Bertz CT molecular complexity index is 133. The lowest BCUT2D eigenvalue weighted by molar-refractivity contribution is -0.513. The first-order valence-electron chi connectivity index (χ1n) is 3.28. The maximum absolute atomic E-state index is 5.20. The van der Waals surface area contributed by atoms with E-state index in [0.717, 1.165) is 5.57 Å². The van der Waals surface area contributed by atoms with Crippen LogP contribution < -0.4 is 0 Å². The summed E-state index contributed by atoms with van der Waals surface area (Å²) in [4.78, 5) is 9.25. The molecule has 0 aromatic rings. The monoisotopic (exact) mass is 144 g/mol. The number of hydrogen-bond acceptors (Lipinski definition) is 3. The molecule has 1 rings (SSSR count). The fourth-order valence-corrected chi connectivity index (χ4v) is 0.600. The van der Waals surface area contributed by atoms with Crippen molar-refractivity contribution in [3.05, 3.63) is 12.2 Å². The van der Waals surface area contributed by atoms with Gasteiger partial charge in [-0.15, -0.1) is 0 Å². The Morgan fingerprint density at radius 1 is 1.60 bits per heavy atom. The SMILES string of the molecule is C=C(C)COC1OOC1C. The molecule has 0 radical (unpaired) electrons. The minimum atomic E-state index is -0.198. The van der Waals surface area contributed by atoms with Crippen LogP contribution in [-0.4, -0.2) is 19.0 Å². The van der Waals surface area contributed by atoms with Gasteiger partial charge >= 0.3 is 0 Å². The maximum Gasteiger partial charge on any atom is 0.220 e. The summed E-state index contributed by atoms with van der Waals surface area (Å²) in [5.74, 6) is 0. The highest BCUT2D eigenvalue weighted by atomic mass is 17.3. The highest BCUT2D eigenvalue weighted by Crippen LogP contribution is 2.17. The second kappa shape index (κ2) is 3.14. The molecule has 0 saturated carbocycles. The fraction of sp³-hybridized carbons (Fsp3) is 0.714. The van der Waals surface area contributed by atoms with Crippen LogP contribution in [0, 0.1) is 0 Å². The molecule has 0 amide bonds. The molecule has 3 nitrogen and oxygen atoms in total. The van der Waals surface area contributed by atoms with Crippen LogP contribution in [0.4, 0.5) is 0 Å². The van der Waals surface area contributed by atoms with Gasteiger partial charge in [0.2, 0.25) is 6.29 Å². The van der Waals surface area contributed by atoms with Gasteiger partial charge in [-0.25, -0.2) is 9.78 Å². The van der Waals surface area contributed by atoms with Crippen LogP contribution in [0.2, 0.25) is 0 Å². The van der Waals surface area contributed by atoms with Gasteiger partial charge in [0.1, 0.15) is 6.10 Å². The topological polar surface area (TPSA) is 27.7 Å². The van der Waals surface area contributed by atoms with Gasteiger partial charge in [0.25, 0.3) is 0 Å². The lowest BCUT2D eigenvalue weighted by Gasteiger charge is -2.31. The Labute approximate surface area is 60.5 Å². The molecule has 0 spiro atoms. The van der Waals surface area contributed by atoms with Crippen molar-refractivity contribution in [2.24, 2.45) is 0 Å². The zero-order valence-electron chi connectivity index (χ0n) is 6.29. The minimum Gasteiger partial charge on any atom is -0.343 e. The van der Waals surface area contributed by atoms with Crippen molar-refractivity contribution in [2.75, 3.05) is 6.61 Å². The number of rotatable bonds is 3. The van der Waals surface area contributed by atoms with Crippen LogP contribution in [0.1, 0.15) is 13.8 Å². The van der Waals surface area contributed by atoms with Crippen molar-refractivity contribution in [1.29, 1.82) is 0 Å². The molecule has 1 saturated heterocycles. The van der Waals surface area contributed by atoms with Gasteiger partial charge in [-0.1, -0.05) is 12.2 Å². The summed E-state index contributed by atoms with van der Waals surface area (Å²) >= 11 is 0. The summed E-state index contributed by atoms with van der Waals surface area (Å²) in [6, 6.07) is 0. The highest BCUT2D eigenvalue weighted by Gasteiger charge is 2.31. The second-order valence-electron chi connectivity index (χ2n) is 2.53. The van der Waals surface area contributed by atoms with Crippen molar-refractivity contribution in [3.8, 4) is 0 Å². The van der Waals surface area contributed by atoms with Crippen molar-refractivity contribution in [2.45, 2.75) is 26.2 Å². The molecule has 0 N–H and O–H groups in total. The first kappa shape index (κ1) is 7.72. The van der Waals surface area contributed by atoms with E-state index in [1.54, 1.807) is 0 Å². The Hall–Kier alpha value is -0.380. The third kappa shape index (κ3) is 1.80. The highest BCUT2D eigenvalue weighted by molar-refractivity contribution is 4.87. The molecular weight excluding hydrogens is 132 g/mol. The predicted octanol–water partition coefficient (Wildman–Crippen LogP) is 1.26. The van der Waals surface area contributed by atoms with E-state index in [1.165, 1.54) is 0 Å². The molecule has 58 valence electrons. The minimum absolute atomic E-state index is 0.0550. The molecular formula is C7H12O3. The van der Waals surface area contributed by atoms with E-state index in [-0.39, 0.29) is 12.4 Å². The maximum atomic E-state index is 5.20. The van der Waals surface area contributed by atoms with E-state index in [0.29, 0.717) is 6.61 Å². The summed E-state index contributed by atoms with van der Waals surface area (Å²) in [6.07, 6.45) is -0.143. The number of hydrogen-bond donors (Lipinski definition) is 0. The van der Waals surface area contributed by atoms with E-state index in [1.807, 2.05) is 13.8 Å². The molecule has 10 heavy (non-hydrogen) atoms. The van der Waals surface area contributed by atoms with Gasteiger partial charge in [-0.05, 0) is 13.8 Å². The Balaban J connectivity index is 2.08. The third-order valence-electron chi connectivity index (χ3n) is 1.18. The van der Waals surface area contributed by atoms with Crippen LogP contribution in [-0.2, 0) is 14.5 Å². The lowest BCUT2D eigenvalue weighted by Crippen LogP contribution is -2.42.